The van der Waals surface area contributed by atoms with E-state index in [-0.39, 0.29) is 19.3 Å². The lowest BCUT2D eigenvalue weighted by Gasteiger charge is -2.30. The molecule has 10 heteroatoms. The summed E-state index contributed by atoms with van der Waals surface area (Å²) in [7, 11) is 1.23. The molecule has 0 saturated heterocycles. The number of aliphatic hydroxyl groups is 1. The number of ether oxygens (including phenoxy) is 1. The van der Waals surface area contributed by atoms with E-state index in [2.05, 4.69) is 20.7 Å². The van der Waals surface area contributed by atoms with E-state index in [1.807, 2.05) is 30.3 Å². The van der Waals surface area contributed by atoms with Crippen LogP contribution in [0.4, 0.5) is 4.79 Å². The fourth-order valence-corrected chi connectivity index (χ4v) is 4.70. The Morgan fingerprint density at radius 3 is 2.41 bits per heavy atom. The zero-order chi connectivity index (χ0) is 27.0. The highest BCUT2D eigenvalue weighted by Gasteiger charge is 2.29. The van der Waals surface area contributed by atoms with Crippen LogP contribution in [0, 0.1) is 5.92 Å². The number of rotatable bonds is 15. The second kappa shape index (κ2) is 16.6. The molecule has 0 heterocycles. The van der Waals surface area contributed by atoms with Crippen molar-refractivity contribution in [2.45, 2.75) is 88.8 Å². The lowest BCUT2D eigenvalue weighted by molar-refractivity contribution is -0.138. The van der Waals surface area contributed by atoms with E-state index < -0.39 is 42.1 Å². The Kier molecular flexibility index (Phi) is 13.5. The number of benzene rings is 1. The first-order valence-electron chi connectivity index (χ1n) is 13.1. The number of hydrogen-bond acceptors (Lipinski definition) is 6. The van der Waals surface area contributed by atoms with E-state index >= 15 is 0 Å². The highest BCUT2D eigenvalue weighted by molar-refractivity contribution is 5.88. The summed E-state index contributed by atoms with van der Waals surface area (Å²) < 4.78 is 4.68. The zero-order valence-corrected chi connectivity index (χ0v) is 21.6. The molecule has 1 aliphatic carbocycles. The Labute approximate surface area is 218 Å². The lowest BCUT2D eigenvalue weighted by atomic mass is 9.83. The second-order valence-electron chi connectivity index (χ2n) is 9.69. The van der Waals surface area contributed by atoms with Crippen LogP contribution in [0.15, 0.2) is 30.3 Å². The van der Waals surface area contributed by atoms with E-state index in [0.29, 0.717) is 25.3 Å². The van der Waals surface area contributed by atoms with Gasteiger partial charge in [-0.15, -0.1) is 0 Å². The molecule has 5 N–H and O–H groups in total. The van der Waals surface area contributed by atoms with E-state index in [4.69, 9.17) is 5.11 Å². The summed E-state index contributed by atoms with van der Waals surface area (Å²) >= 11 is 0. The van der Waals surface area contributed by atoms with Crippen molar-refractivity contribution in [3.05, 3.63) is 35.9 Å². The average molecular weight is 520 g/mol. The molecule has 0 spiro atoms. The number of carboxylic acids is 1. The summed E-state index contributed by atoms with van der Waals surface area (Å²) in [6.45, 7) is 0.377. The minimum Gasteiger partial charge on any atom is -0.481 e. The van der Waals surface area contributed by atoms with Gasteiger partial charge in [0.25, 0.3) is 0 Å². The minimum absolute atomic E-state index is 0.0758. The van der Waals surface area contributed by atoms with Crippen LogP contribution in [0.2, 0.25) is 0 Å². The molecule has 1 aromatic carbocycles. The summed E-state index contributed by atoms with van der Waals surface area (Å²) in [6.07, 6.45) is 4.76. The molecule has 0 unspecified atom stereocenters. The maximum absolute atomic E-state index is 12.7. The summed E-state index contributed by atoms with van der Waals surface area (Å²) in [6, 6.07) is 8.10. The minimum atomic E-state index is -1.19. The summed E-state index contributed by atoms with van der Waals surface area (Å²) in [5, 5.41) is 27.8. The van der Waals surface area contributed by atoms with Crippen LogP contribution < -0.4 is 16.0 Å². The van der Waals surface area contributed by atoms with Crippen molar-refractivity contribution in [2.24, 2.45) is 5.92 Å². The van der Waals surface area contributed by atoms with Crippen molar-refractivity contribution >= 4 is 23.9 Å². The van der Waals surface area contributed by atoms with Gasteiger partial charge in [0.15, 0.2) is 0 Å². The summed E-state index contributed by atoms with van der Waals surface area (Å²) in [4.78, 5) is 48.4. The normalized spacial score (nSPS) is 16.2. The number of carboxylic acid groups (broad SMARTS) is 1. The predicted molar refractivity (Wildman–Crippen MR) is 138 cm³/mol. The van der Waals surface area contributed by atoms with Gasteiger partial charge in [-0.3, -0.25) is 14.4 Å². The van der Waals surface area contributed by atoms with Crippen LogP contribution in [0.5, 0.6) is 0 Å². The Morgan fingerprint density at radius 1 is 1.05 bits per heavy atom. The van der Waals surface area contributed by atoms with Gasteiger partial charge in [-0.25, -0.2) is 4.79 Å². The van der Waals surface area contributed by atoms with Gasteiger partial charge in [-0.2, -0.15) is 0 Å². The molecule has 0 bridgehead atoms. The quantitative estimate of drug-likeness (QED) is 0.223. The highest BCUT2D eigenvalue weighted by atomic mass is 16.5. The fraction of sp³-hybridized carbons (Fsp3) is 0.630. The topological polar surface area (TPSA) is 154 Å². The summed E-state index contributed by atoms with van der Waals surface area (Å²) in [5.74, 6) is -1.81. The Morgan fingerprint density at radius 2 is 1.76 bits per heavy atom. The van der Waals surface area contributed by atoms with Crippen molar-refractivity contribution in [1.29, 1.82) is 0 Å². The van der Waals surface area contributed by atoms with Crippen LogP contribution in [0.25, 0.3) is 0 Å². The number of hydrogen-bond donors (Lipinski definition) is 5. The van der Waals surface area contributed by atoms with Crippen LogP contribution in [0.3, 0.4) is 0 Å². The van der Waals surface area contributed by atoms with E-state index in [1.165, 1.54) is 13.5 Å². The molecular weight excluding hydrogens is 478 g/mol. The third-order valence-corrected chi connectivity index (χ3v) is 6.74. The number of amides is 3. The Balaban J connectivity index is 1.90. The molecule has 1 aliphatic rings. The van der Waals surface area contributed by atoms with Gasteiger partial charge in [0.1, 0.15) is 6.04 Å². The first kappa shape index (κ1) is 30.1. The SMILES string of the molecule is COC(=O)N[C@@H](CC1CCCCC1)[C@@H](O)CC(=O)N[C@@H](CCC(=O)O)C(=O)NCCCc1ccccc1. The molecule has 37 heavy (non-hydrogen) atoms. The number of carbonyl (C=O) groups is 4. The number of aliphatic hydroxyl groups excluding tert-OH is 1. The van der Waals surface area contributed by atoms with Crippen molar-refractivity contribution in [1.82, 2.24) is 16.0 Å². The third kappa shape index (κ3) is 12.1. The third-order valence-electron chi connectivity index (χ3n) is 6.74. The van der Waals surface area contributed by atoms with E-state index in [9.17, 15) is 24.3 Å². The molecular formula is C27H41N3O7. The van der Waals surface area contributed by atoms with Gasteiger partial charge in [0.05, 0.1) is 25.7 Å². The van der Waals surface area contributed by atoms with Crippen molar-refractivity contribution in [3.8, 4) is 0 Å². The number of methoxy groups -OCH3 is 1. The van der Waals surface area contributed by atoms with Crippen LogP contribution in [0.1, 0.15) is 69.8 Å². The summed E-state index contributed by atoms with van der Waals surface area (Å²) in [5.41, 5.74) is 1.14. The molecule has 10 nitrogen and oxygen atoms in total. The van der Waals surface area contributed by atoms with Crippen molar-refractivity contribution < 1.29 is 34.1 Å². The molecule has 3 amide bonds. The first-order valence-corrected chi connectivity index (χ1v) is 13.1. The fourth-order valence-electron chi connectivity index (χ4n) is 4.70. The van der Waals surface area contributed by atoms with Gasteiger partial charge >= 0.3 is 12.1 Å². The van der Waals surface area contributed by atoms with Gasteiger partial charge in [-0.05, 0) is 37.2 Å². The van der Waals surface area contributed by atoms with E-state index in [0.717, 1.165) is 37.7 Å². The van der Waals surface area contributed by atoms with Crippen molar-refractivity contribution in [3.63, 3.8) is 0 Å². The van der Waals surface area contributed by atoms with E-state index in [1.54, 1.807) is 0 Å². The monoisotopic (exact) mass is 519 g/mol. The highest BCUT2D eigenvalue weighted by Crippen LogP contribution is 2.28. The number of aryl methyl sites for hydroxylation is 1. The molecule has 1 fully saturated rings. The first-order chi connectivity index (χ1) is 17.8. The molecule has 1 aromatic rings. The van der Waals surface area contributed by atoms with Gasteiger partial charge < -0.3 is 30.9 Å². The van der Waals surface area contributed by atoms with Crippen molar-refractivity contribution in [2.75, 3.05) is 13.7 Å². The Bertz CT molecular complexity index is 859. The number of carbonyl (C=O) groups excluding carboxylic acids is 3. The number of alkyl carbamates (subject to hydrolysis) is 1. The number of nitrogens with one attached hydrogen (secondary N) is 3. The average Bonchev–Trinajstić information content (AvgIpc) is 2.89. The molecule has 0 aromatic heterocycles. The van der Waals surface area contributed by atoms with Crippen LogP contribution in [-0.4, -0.2) is 65.9 Å². The largest absolute Gasteiger partial charge is 0.481 e. The van der Waals surface area contributed by atoms with Gasteiger partial charge in [0, 0.05) is 13.0 Å². The lowest BCUT2D eigenvalue weighted by Crippen LogP contribution is -2.50. The van der Waals surface area contributed by atoms with Crippen LogP contribution >= 0.6 is 0 Å². The molecule has 0 aliphatic heterocycles. The molecule has 0 radical (unpaired) electrons. The second-order valence-corrected chi connectivity index (χ2v) is 9.69. The molecule has 3 atom stereocenters. The zero-order valence-electron chi connectivity index (χ0n) is 21.6. The van der Waals surface area contributed by atoms with Gasteiger partial charge in [-0.1, -0.05) is 62.4 Å². The van der Waals surface area contributed by atoms with Crippen LogP contribution in [-0.2, 0) is 25.5 Å². The standard InChI is InChI=1S/C27H41N3O7/c1-37-27(36)30-22(17-20-11-6-3-7-12-20)23(31)18-24(32)29-21(14-15-25(33)34)26(35)28-16-8-13-19-9-4-2-5-10-19/h2,4-5,9-10,20-23,31H,3,6-8,11-18H2,1H3,(H,28,35)(H,29,32)(H,30,36)(H,33,34)/t21-,22-,23-/m0/s1. The maximum atomic E-state index is 12.7. The smallest absolute Gasteiger partial charge is 0.407 e. The molecule has 206 valence electrons. The predicted octanol–water partition coefficient (Wildman–Crippen LogP) is 2.53. The van der Waals surface area contributed by atoms with Gasteiger partial charge in [0.2, 0.25) is 11.8 Å². The Hall–Kier alpha value is -3.14. The molecule has 1 saturated carbocycles. The maximum Gasteiger partial charge on any atom is 0.407 e. The molecule has 2 rings (SSSR count). The number of aliphatic carboxylic acids is 1.